The first-order valence-corrected chi connectivity index (χ1v) is 7.08. The van der Waals surface area contributed by atoms with E-state index in [0.29, 0.717) is 18.4 Å². The summed E-state index contributed by atoms with van der Waals surface area (Å²) in [4.78, 5) is -0.462. The molecule has 0 N–H and O–H groups in total. The summed E-state index contributed by atoms with van der Waals surface area (Å²) in [5.74, 6) is -3.11. The summed E-state index contributed by atoms with van der Waals surface area (Å²) >= 11 is 0. The molecule has 0 fully saturated rings. The summed E-state index contributed by atoms with van der Waals surface area (Å²) in [6.07, 6.45) is 0.486. The highest BCUT2D eigenvalue weighted by molar-refractivity contribution is 8.13. The Balaban J connectivity index is 2.75. The van der Waals surface area contributed by atoms with Gasteiger partial charge in [0.1, 0.15) is 0 Å². The summed E-state index contributed by atoms with van der Waals surface area (Å²) < 4.78 is 49.8. The fourth-order valence-electron chi connectivity index (χ4n) is 2.03. The highest BCUT2D eigenvalue weighted by Gasteiger charge is 2.40. The van der Waals surface area contributed by atoms with E-state index in [9.17, 15) is 17.2 Å². The molecule has 0 aliphatic heterocycles. The maximum atomic E-state index is 13.7. The van der Waals surface area contributed by atoms with Crippen molar-refractivity contribution in [2.45, 2.75) is 30.1 Å². The molecule has 1 aliphatic rings. The van der Waals surface area contributed by atoms with Crippen LogP contribution in [0.4, 0.5) is 8.78 Å². The normalized spacial score (nSPS) is 19.2. The molecule has 16 heavy (non-hydrogen) atoms. The van der Waals surface area contributed by atoms with Crippen LogP contribution in [-0.4, -0.2) is 8.42 Å². The van der Waals surface area contributed by atoms with Crippen LogP contribution in [0.5, 0.6) is 0 Å². The first-order valence-electron chi connectivity index (χ1n) is 4.77. The van der Waals surface area contributed by atoms with Crippen molar-refractivity contribution < 1.29 is 17.2 Å². The third-order valence-electron chi connectivity index (χ3n) is 2.68. The number of hydrogen-bond donors (Lipinski definition) is 0. The molecular weight excluding hydrogens is 258 g/mol. The molecule has 0 saturated carbocycles. The van der Waals surface area contributed by atoms with E-state index >= 15 is 0 Å². The molecule has 88 valence electrons. The van der Waals surface area contributed by atoms with Gasteiger partial charge in [-0.3, -0.25) is 0 Å². The van der Waals surface area contributed by atoms with Gasteiger partial charge >= 0.3 is 0 Å². The van der Waals surface area contributed by atoms with Crippen molar-refractivity contribution in [2.24, 2.45) is 0 Å². The van der Waals surface area contributed by atoms with Crippen molar-refractivity contribution >= 4 is 19.7 Å². The first-order chi connectivity index (χ1) is 7.32. The van der Waals surface area contributed by atoms with Gasteiger partial charge in [-0.25, -0.2) is 17.2 Å². The fourth-order valence-corrected chi connectivity index (χ4v) is 3.18. The lowest BCUT2D eigenvalue weighted by Gasteiger charge is -2.26. The van der Waals surface area contributed by atoms with Gasteiger partial charge in [-0.2, -0.15) is 0 Å². The van der Waals surface area contributed by atoms with Gasteiger partial charge in [-0.05, 0) is 24.5 Å². The van der Waals surface area contributed by atoms with Gasteiger partial charge in [0.15, 0.2) is 0 Å². The Hall–Kier alpha value is -0.680. The molecule has 0 heterocycles. The molecular formula is C10H9ClF2O2S. The zero-order valence-corrected chi connectivity index (χ0v) is 9.78. The van der Waals surface area contributed by atoms with Crippen LogP contribution in [0.3, 0.4) is 0 Å². The predicted molar refractivity (Wildman–Crippen MR) is 56.3 cm³/mol. The lowest BCUT2D eigenvalue weighted by molar-refractivity contribution is -0.0245. The molecule has 0 aromatic heterocycles. The van der Waals surface area contributed by atoms with Crippen molar-refractivity contribution in [3.05, 3.63) is 29.3 Å². The van der Waals surface area contributed by atoms with Gasteiger partial charge in [0.25, 0.3) is 15.0 Å². The zero-order valence-electron chi connectivity index (χ0n) is 8.21. The Kier molecular flexibility index (Phi) is 2.70. The number of hydrogen-bond acceptors (Lipinski definition) is 2. The minimum atomic E-state index is -4.12. The van der Waals surface area contributed by atoms with Crippen LogP contribution in [-0.2, 0) is 21.4 Å². The summed E-state index contributed by atoms with van der Waals surface area (Å²) in [5.41, 5.74) is -0.0470. The number of benzene rings is 1. The van der Waals surface area contributed by atoms with Gasteiger partial charge in [0.05, 0.1) is 4.90 Å². The van der Waals surface area contributed by atoms with Crippen LogP contribution in [0, 0.1) is 0 Å². The van der Waals surface area contributed by atoms with E-state index in [4.69, 9.17) is 10.7 Å². The summed E-state index contributed by atoms with van der Waals surface area (Å²) in [7, 11) is 1.04. The second kappa shape index (κ2) is 3.67. The van der Waals surface area contributed by atoms with E-state index in [1.165, 1.54) is 12.1 Å². The molecule has 1 aromatic carbocycles. The van der Waals surface area contributed by atoms with Crippen LogP contribution < -0.4 is 0 Å². The van der Waals surface area contributed by atoms with Gasteiger partial charge in [0.2, 0.25) is 0 Å². The van der Waals surface area contributed by atoms with E-state index < -0.39 is 25.4 Å². The van der Waals surface area contributed by atoms with Crippen LogP contribution in [0.1, 0.15) is 24.0 Å². The Morgan fingerprint density at radius 2 is 2.00 bits per heavy atom. The van der Waals surface area contributed by atoms with E-state index in [1.54, 1.807) is 0 Å². The SMILES string of the molecule is O=S(=O)(Cl)c1cccc2c1C(F)(F)CCC2. The van der Waals surface area contributed by atoms with Crippen LogP contribution in [0.2, 0.25) is 0 Å². The Morgan fingerprint density at radius 1 is 1.31 bits per heavy atom. The first kappa shape index (κ1) is 11.8. The summed E-state index contributed by atoms with van der Waals surface area (Å²) in [5, 5.41) is 0. The summed E-state index contributed by atoms with van der Waals surface area (Å²) in [6.45, 7) is 0. The Bertz CT molecular complexity index is 526. The highest BCUT2D eigenvalue weighted by atomic mass is 35.7. The average molecular weight is 267 g/mol. The number of alkyl halides is 2. The standard InChI is InChI=1S/C10H9ClF2O2S/c11-16(14,15)8-5-1-3-7-4-2-6-10(12,13)9(7)8/h1,3,5H,2,4,6H2. The second-order valence-electron chi connectivity index (χ2n) is 3.79. The maximum Gasteiger partial charge on any atom is 0.274 e. The van der Waals surface area contributed by atoms with Gasteiger partial charge in [-0.15, -0.1) is 0 Å². The molecule has 0 saturated heterocycles. The number of fused-ring (bicyclic) bond motifs is 1. The van der Waals surface area contributed by atoms with Crippen molar-refractivity contribution in [3.63, 3.8) is 0 Å². The van der Waals surface area contributed by atoms with E-state index in [2.05, 4.69) is 0 Å². The van der Waals surface area contributed by atoms with Gasteiger partial charge < -0.3 is 0 Å². The smallest absolute Gasteiger partial charge is 0.207 e. The number of halogens is 3. The van der Waals surface area contributed by atoms with Crippen LogP contribution in [0.25, 0.3) is 0 Å². The predicted octanol–water partition coefficient (Wildman–Crippen LogP) is 3.04. The molecule has 0 radical (unpaired) electrons. The summed E-state index contributed by atoms with van der Waals surface area (Å²) in [6, 6.07) is 4.09. The molecule has 2 nitrogen and oxygen atoms in total. The molecule has 0 amide bonds. The van der Waals surface area contributed by atoms with Crippen molar-refractivity contribution in [1.82, 2.24) is 0 Å². The Labute approximate surface area is 96.6 Å². The highest BCUT2D eigenvalue weighted by Crippen LogP contribution is 2.43. The number of aryl methyl sites for hydroxylation is 1. The van der Waals surface area contributed by atoms with E-state index in [0.717, 1.165) is 6.07 Å². The molecule has 0 spiro atoms. The number of rotatable bonds is 1. The molecule has 6 heteroatoms. The second-order valence-corrected chi connectivity index (χ2v) is 6.32. The monoisotopic (exact) mass is 266 g/mol. The van der Waals surface area contributed by atoms with E-state index in [-0.39, 0.29) is 6.42 Å². The molecule has 0 unspecified atom stereocenters. The lowest BCUT2D eigenvalue weighted by atomic mass is 9.89. The van der Waals surface area contributed by atoms with Gasteiger partial charge in [-0.1, -0.05) is 12.1 Å². The third kappa shape index (κ3) is 1.94. The third-order valence-corrected chi connectivity index (χ3v) is 4.04. The lowest BCUT2D eigenvalue weighted by Crippen LogP contribution is -2.23. The molecule has 0 atom stereocenters. The van der Waals surface area contributed by atoms with Gasteiger partial charge in [0, 0.05) is 22.7 Å². The van der Waals surface area contributed by atoms with Crippen molar-refractivity contribution in [3.8, 4) is 0 Å². The molecule has 0 bridgehead atoms. The largest absolute Gasteiger partial charge is 0.274 e. The van der Waals surface area contributed by atoms with Crippen molar-refractivity contribution in [1.29, 1.82) is 0 Å². The maximum absolute atomic E-state index is 13.7. The minimum absolute atomic E-state index is 0.330. The van der Waals surface area contributed by atoms with Crippen molar-refractivity contribution in [2.75, 3.05) is 0 Å². The topological polar surface area (TPSA) is 34.1 Å². The van der Waals surface area contributed by atoms with E-state index in [1.807, 2.05) is 0 Å². The Morgan fingerprint density at radius 3 is 2.62 bits per heavy atom. The van der Waals surface area contributed by atoms with Crippen LogP contribution in [0.15, 0.2) is 23.1 Å². The fraction of sp³-hybridized carbons (Fsp3) is 0.400. The average Bonchev–Trinajstić information content (AvgIpc) is 2.15. The minimum Gasteiger partial charge on any atom is -0.207 e. The zero-order chi connectivity index (χ0) is 12.0. The molecule has 1 aromatic rings. The quantitative estimate of drug-likeness (QED) is 0.732. The molecule has 2 rings (SSSR count). The van der Waals surface area contributed by atoms with Crippen LogP contribution >= 0.6 is 10.7 Å². The molecule has 1 aliphatic carbocycles.